The van der Waals surface area contributed by atoms with Crippen molar-refractivity contribution < 1.29 is 38.2 Å². The van der Waals surface area contributed by atoms with Gasteiger partial charge in [0.2, 0.25) is 0 Å². The fourth-order valence-electron chi connectivity index (χ4n) is 3.85. The van der Waals surface area contributed by atoms with Crippen LogP contribution < -0.4 is 5.32 Å². The van der Waals surface area contributed by atoms with Gasteiger partial charge in [-0.2, -0.15) is 5.10 Å². The molecule has 190 valence electrons. The van der Waals surface area contributed by atoms with Crippen LogP contribution in [0.4, 0.5) is 5.69 Å². The minimum Gasteiger partial charge on any atom is -0.390 e. The van der Waals surface area contributed by atoms with Crippen molar-refractivity contribution in [1.82, 2.24) is 14.8 Å². The van der Waals surface area contributed by atoms with Gasteiger partial charge in [-0.25, -0.2) is 9.67 Å². The number of rotatable bonds is 9. The summed E-state index contributed by atoms with van der Waals surface area (Å²) < 4.78 is 34.9. The first-order chi connectivity index (χ1) is 16.4. The molecule has 0 spiro atoms. The van der Waals surface area contributed by atoms with E-state index in [4.69, 9.17) is 30.6 Å². The van der Waals surface area contributed by atoms with Crippen molar-refractivity contribution in [3.05, 3.63) is 53.3 Å². The highest BCUT2D eigenvalue weighted by atomic mass is 35.5. The molecular weight excluding hydrogens is 522 g/mol. The van der Waals surface area contributed by atoms with E-state index < -0.39 is 46.1 Å². The lowest BCUT2D eigenvalue weighted by Crippen LogP contribution is -2.26. The van der Waals surface area contributed by atoms with Crippen LogP contribution >= 0.6 is 26.8 Å². The first kappa shape index (κ1) is 26.2. The molecule has 1 unspecified atom stereocenters. The van der Waals surface area contributed by atoms with Crippen molar-refractivity contribution >= 4 is 43.5 Å². The number of halogens is 1. The molecule has 1 aliphatic rings. The third-order valence-corrected chi connectivity index (χ3v) is 9.14. The maximum absolute atomic E-state index is 11.9. The van der Waals surface area contributed by atoms with Crippen LogP contribution in [-0.4, -0.2) is 59.3 Å². The van der Waals surface area contributed by atoms with Crippen molar-refractivity contribution in [1.29, 1.82) is 0 Å². The number of aliphatic hydroxyl groups is 1. The summed E-state index contributed by atoms with van der Waals surface area (Å²) in [5.74, 6) is -1.32. The second kappa shape index (κ2) is 10.3. The number of anilines is 1. The topological polar surface area (TPSA) is 176 Å². The highest BCUT2D eigenvalue weighted by Crippen LogP contribution is 2.55. The van der Waals surface area contributed by atoms with E-state index in [-0.39, 0.29) is 17.6 Å². The van der Waals surface area contributed by atoms with Crippen LogP contribution in [0.2, 0.25) is 5.15 Å². The number of ether oxygens (including phenoxy) is 1. The standard InChI is InChI=1S/C20H25ClN4O8P2/c1-12(13-5-3-2-4-6-13)23-15-7-18(21)24-20-14(15)9-22-25(20)19-8-16(26)17(33-19)10-32-35(30,31)11-34(27,28)29/h2-7,9,12,16-17,19,26H,8,10-11H2,1H3,(H,23,24)(H,30,31)(H2,27,28,29)/t12-,16-,17+,19+/m0/s1. The van der Waals surface area contributed by atoms with E-state index in [9.17, 15) is 19.1 Å². The molecule has 3 aromatic rings. The lowest BCUT2D eigenvalue weighted by Gasteiger charge is -2.18. The predicted molar refractivity (Wildman–Crippen MR) is 128 cm³/mol. The molecule has 5 N–H and O–H groups in total. The molecule has 1 aliphatic heterocycles. The van der Waals surface area contributed by atoms with Gasteiger partial charge >= 0.3 is 15.2 Å². The normalized spacial score (nSPS) is 23.3. The number of aromatic nitrogens is 3. The number of benzene rings is 1. The summed E-state index contributed by atoms with van der Waals surface area (Å²) in [6.45, 7) is 1.47. The molecule has 0 saturated carbocycles. The molecule has 15 heteroatoms. The zero-order valence-electron chi connectivity index (χ0n) is 18.5. The van der Waals surface area contributed by atoms with Gasteiger partial charge in [-0.1, -0.05) is 41.9 Å². The summed E-state index contributed by atoms with van der Waals surface area (Å²) in [6, 6.07) is 11.5. The molecule has 0 radical (unpaired) electrons. The Balaban J connectivity index is 1.51. The minimum atomic E-state index is -4.76. The molecule has 12 nitrogen and oxygen atoms in total. The SMILES string of the molecule is C[C@H](Nc1cc(Cl)nc2c1cnn2[C@H]1C[C@H](O)[C@@H](COP(=O)(O)CP(=O)(O)O)O1)c1ccccc1. The predicted octanol–water partition coefficient (Wildman–Crippen LogP) is 3.24. The second-order valence-electron chi connectivity index (χ2n) is 8.27. The van der Waals surface area contributed by atoms with Crippen LogP contribution in [0.25, 0.3) is 11.0 Å². The van der Waals surface area contributed by atoms with Gasteiger partial charge < -0.3 is 34.4 Å². The number of nitrogens with one attached hydrogen (secondary N) is 1. The zero-order chi connectivity index (χ0) is 25.4. The van der Waals surface area contributed by atoms with Gasteiger partial charge in [-0.15, -0.1) is 0 Å². The fourth-order valence-corrected chi connectivity index (χ4v) is 6.61. The summed E-state index contributed by atoms with van der Waals surface area (Å²) in [4.78, 5) is 31.8. The Labute approximate surface area is 205 Å². The molecule has 4 rings (SSSR count). The van der Waals surface area contributed by atoms with Gasteiger partial charge in [0.15, 0.2) is 17.8 Å². The number of pyridine rings is 1. The number of nitrogens with zero attached hydrogens (tertiary/aromatic N) is 3. The molecular formula is C20H25ClN4O8P2. The Bertz CT molecular complexity index is 1290. The van der Waals surface area contributed by atoms with Gasteiger partial charge in [-0.3, -0.25) is 9.13 Å². The molecule has 0 bridgehead atoms. The van der Waals surface area contributed by atoms with Crippen LogP contribution in [0.5, 0.6) is 0 Å². The summed E-state index contributed by atoms with van der Waals surface area (Å²) >= 11 is 6.27. The van der Waals surface area contributed by atoms with Gasteiger partial charge in [0, 0.05) is 12.5 Å². The third-order valence-electron chi connectivity index (χ3n) is 5.49. The Morgan fingerprint density at radius 2 is 2.00 bits per heavy atom. The van der Waals surface area contributed by atoms with Crippen LogP contribution in [0.15, 0.2) is 42.6 Å². The van der Waals surface area contributed by atoms with Crippen LogP contribution in [0.3, 0.4) is 0 Å². The molecule has 1 saturated heterocycles. The van der Waals surface area contributed by atoms with Crippen molar-refractivity contribution in [2.45, 2.75) is 37.8 Å². The van der Waals surface area contributed by atoms with E-state index in [0.717, 1.165) is 5.56 Å². The molecule has 35 heavy (non-hydrogen) atoms. The summed E-state index contributed by atoms with van der Waals surface area (Å²) in [6.07, 6.45) is -1.20. The molecule has 3 heterocycles. The van der Waals surface area contributed by atoms with E-state index in [0.29, 0.717) is 16.7 Å². The molecule has 0 aliphatic carbocycles. The average molecular weight is 547 g/mol. The highest BCUT2D eigenvalue weighted by molar-refractivity contribution is 7.70. The zero-order valence-corrected chi connectivity index (χ0v) is 21.1. The summed E-state index contributed by atoms with van der Waals surface area (Å²) in [7, 11) is -9.34. The maximum Gasteiger partial charge on any atom is 0.340 e. The lowest BCUT2D eigenvalue weighted by molar-refractivity contribution is -0.0434. The van der Waals surface area contributed by atoms with Crippen molar-refractivity contribution in [2.75, 3.05) is 17.8 Å². The highest BCUT2D eigenvalue weighted by Gasteiger charge is 2.39. The molecule has 2 aromatic heterocycles. The fraction of sp³-hybridized carbons (Fsp3) is 0.400. The van der Waals surface area contributed by atoms with Gasteiger partial charge in [-0.05, 0) is 18.6 Å². The number of hydrogen-bond acceptors (Lipinski definition) is 8. The smallest absolute Gasteiger partial charge is 0.340 e. The van der Waals surface area contributed by atoms with E-state index in [1.165, 1.54) is 4.68 Å². The quantitative estimate of drug-likeness (QED) is 0.197. The maximum atomic E-state index is 11.9. The van der Waals surface area contributed by atoms with Crippen molar-refractivity contribution in [3.8, 4) is 0 Å². The Morgan fingerprint density at radius 3 is 2.69 bits per heavy atom. The number of aliphatic hydroxyl groups excluding tert-OH is 1. The number of hydrogen-bond donors (Lipinski definition) is 5. The van der Waals surface area contributed by atoms with Crippen LogP contribution in [0.1, 0.15) is 31.2 Å². The van der Waals surface area contributed by atoms with Crippen LogP contribution in [-0.2, 0) is 18.4 Å². The van der Waals surface area contributed by atoms with Gasteiger partial charge in [0.25, 0.3) is 0 Å². The first-order valence-corrected chi connectivity index (χ1v) is 14.6. The largest absolute Gasteiger partial charge is 0.390 e. The molecule has 5 atom stereocenters. The van der Waals surface area contributed by atoms with Crippen LogP contribution in [0, 0.1) is 0 Å². The third kappa shape index (κ3) is 6.48. The Morgan fingerprint density at radius 1 is 1.29 bits per heavy atom. The first-order valence-electron chi connectivity index (χ1n) is 10.6. The van der Waals surface area contributed by atoms with E-state index in [2.05, 4.69) is 15.4 Å². The minimum absolute atomic E-state index is 0.0328. The van der Waals surface area contributed by atoms with E-state index in [1.54, 1.807) is 12.3 Å². The van der Waals surface area contributed by atoms with Gasteiger partial charge in [0.05, 0.1) is 30.0 Å². The monoisotopic (exact) mass is 546 g/mol. The summed E-state index contributed by atoms with van der Waals surface area (Å²) in [5, 5.41) is 19.0. The Hall–Kier alpha value is -1.85. The molecule has 0 amide bonds. The van der Waals surface area contributed by atoms with E-state index >= 15 is 0 Å². The van der Waals surface area contributed by atoms with Crippen molar-refractivity contribution in [3.63, 3.8) is 0 Å². The Kier molecular flexibility index (Phi) is 7.68. The molecule has 1 fully saturated rings. The second-order valence-corrected chi connectivity index (χ2v) is 12.6. The van der Waals surface area contributed by atoms with Gasteiger partial charge in [0.1, 0.15) is 11.3 Å². The lowest BCUT2D eigenvalue weighted by atomic mass is 10.1. The van der Waals surface area contributed by atoms with Crippen molar-refractivity contribution in [2.24, 2.45) is 0 Å². The summed E-state index contributed by atoms with van der Waals surface area (Å²) in [5.41, 5.74) is 2.19. The number of fused-ring (bicyclic) bond motifs is 1. The molecule has 1 aromatic carbocycles. The average Bonchev–Trinajstić information content (AvgIpc) is 3.34. The van der Waals surface area contributed by atoms with E-state index in [1.807, 2.05) is 37.3 Å².